The van der Waals surface area contributed by atoms with E-state index in [9.17, 15) is 4.39 Å². The van der Waals surface area contributed by atoms with E-state index < -0.39 is 0 Å². The first-order valence-electron chi connectivity index (χ1n) is 5.47. The Bertz CT molecular complexity index is 413. The number of halogens is 1. The lowest BCUT2D eigenvalue weighted by atomic mass is 10.1. The van der Waals surface area contributed by atoms with Gasteiger partial charge in [-0.25, -0.2) is 4.39 Å². The van der Waals surface area contributed by atoms with Crippen LogP contribution in [-0.2, 0) is 6.54 Å². The molecule has 0 aromatic heterocycles. The lowest BCUT2D eigenvalue weighted by Crippen LogP contribution is -2.36. The molecule has 0 aliphatic heterocycles. The summed E-state index contributed by atoms with van der Waals surface area (Å²) in [5.41, 5.74) is 1.67. The Kier molecular flexibility index (Phi) is 5.20. The van der Waals surface area contributed by atoms with Crippen molar-refractivity contribution in [2.24, 2.45) is 4.99 Å². The van der Waals surface area contributed by atoms with Crippen LogP contribution in [0.2, 0.25) is 0 Å². The zero-order chi connectivity index (χ0) is 12.7. The highest BCUT2D eigenvalue weighted by Crippen LogP contribution is 2.08. The van der Waals surface area contributed by atoms with Gasteiger partial charge < -0.3 is 10.6 Å². The van der Waals surface area contributed by atoms with E-state index in [0.717, 1.165) is 5.56 Å². The number of aliphatic imine (C=N–C) groups is 1. The summed E-state index contributed by atoms with van der Waals surface area (Å²) in [7, 11) is 1.70. The molecular weight excluding hydrogens is 217 g/mol. The van der Waals surface area contributed by atoms with Crippen LogP contribution in [-0.4, -0.2) is 19.6 Å². The molecule has 0 aliphatic rings. The summed E-state index contributed by atoms with van der Waals surface area (Å²) in [6, 6.07) is 5.06. The lowest BCUT2D eigenvalue weighted by molar-refractivity contribution is 0.617. The molecule has 92 valence electrons. The van der Waals surface area contributed by atoms with Crippen molar-refractivity contribution in [3.63, 3.8) is 0 Å². The molecule has 0 unspecified atom stereocenters. The Labute approximate surface area is 101 Å². The largest absolute Gasteiger partial charge is 0.353 e. The van der Waals surface area contributed by atoms with Crippen LogP contribution < -0.4 is 10.6 Å². The molecule has 0 saturated carbocycles. The molecule has 0 radical (unpaired) electrons. The molecule has 1 aromatic carbocycles. The Balaban J connectivity index is 2.54. The van der Waals surface area contributed by atoms with Gasteiger partial charge in [-0.3, -0.25) is 4.99 Å². The van der Waals surface area contributed by atoms with E-state index in [0.29, 0.717) is 24.6 Å². The number of hydrogen-bond donors (Lipinski definition) is 2. The van der Waals surface area contributed by atoms with Crippen LogP contribution in [0, 0.1) is 12.7 Å². The van der Waals surface area contributed by atoms with Crippen molar-refractivity contribution in [3.05, 3.63) is 47.8 Å². The first-order valence-corrected chi connectivity index (χ1v) is 5.47. The summed E-state index contributed by atoms with van der Waals surface area (Å²) in [5.74, 6) is 0.523. The van der Waals surface area contributed by atoms with Gasteiger partial charge in [0.15, 0.2) is 5.96 Å². The maximum absolute atomic E-state index is 13.1. The highest BCUT2D eigenvalue weighted by Gasteiger charge is 2.00. The average molecular weight is 235 g/mol. The Morgan fingerprint density at radius 3 is 2.82 bits per heavy atom. The van der Waals surface area contributed by atoms with Crippen LogP contribution in [0.5, 0.6) is 0 Å². The molecule has 2 N–H and O–H groups in total. The molecule has 3 nitrogen and oxygen atoms in total. The van der Waals surface area contributed by atoms with Gasteiger partial charge in [-0.15, -0.1) is 6.58 Å². The highest BCUT2D eigenvalue weighted by molar-refractivity contribution is 5.79. The van der Waals surface area contributed by atoms with Crippen molar-refractivity contribution in [1.29, 1.82) is 0 Å². The third-order valence-electron chi connectivity index (χ3n) is 2.32. The van der Waals surface area contributed by atoms with Crippen LogP contribution >= 0.6 is 0 Å². The van der Waals surface area contributed by atoms with Gasteiger partial charge in [0, 0.05) is 20.1 Å². The summed E-state index contributed by atoms with van der Waals surface area (Å²) in [6.07, 6.45) is 1.76. The molecule has 0 heterocycles. The van der Waals surface area contributed by atoms with Gasteiger partial charge >= 0.3 is 0 Å². The van der Waals surface area contributed by atoms with Crippen LogP contribution in [0.3, 0.4) is 0 Å². The number of nitrogens with zero attached hydrogens (tertiary/aromatic N) is 1. The van der Waals surface area contributed by atoms with Crippen LogP contribution in [0.15, 0.2) is 35.8 Å². The summed E-state index contributed by atoms with van der Waals surface area (Å²) in [5, 5.41) is 6.20. The van der Waals surface area contributed by atoms with Gasteiger partial charge in [0.1, 0.15) is 5.82 Å². The quantitative estimate of drug-likeness (QED) is 0.475. The van der Waals surface area contributed by atoms with Gasteiger partial charge in [-0.05, 0) is 24.1 Å². The molecule has 1 rings (SSSR count). The summed E-state index contributed by atoms with van der Waals surface area (Å²) in [6.45, 7) is 6.64. The molecule has 0 aliphatic carbocycles. The van der Waals surface area contributed by atoms with Crippen molar-refractivity contribution in [2.75, 3.05) is 13.6 Å². The minimum absolute atomic E-state index is 0.178. The minimum atomic E-state index is -0.178. The van der Waals surface area contributed by atoms with Crippen molar-refractivity contribution in [1.82, 2.24) is 10.6 Å². The fourth-order valence-electron chi connectivity index (χ4n) is 1.39. The summed E-state index contributed by atoms with van der Waals surface area (Å²) in [4.78, 5) is 4.05. The summed E-state index contributed by atoms with van der Waals surface area (Å²) < 4.78 is 13.1. The van der Waals surface area contributed by atoms with Crippen molar-refractivity contribution in [2.45, 2.75) is 13.5 Å². The molecular formula is C13H18FN3. The van der Waals surface area contributed by atoms with Gasteiger partial charge in [0.05, 0.1) is 0 Å². The zero-order valence-corrected chi connectivity index (χ0v) is 10.3. The lowest BCUT2D eigenvalue weighted by Gasteiger charge is -2.10. The van der Waals surface area contributed by atoms with Gasteiger partial charge in [0.2, 0.25) is 0 Å². The van der Waals surface area contributed by atoms with Gasteiger partial charge in [-0.2, -0.15) is 0 Å². The second-order valence-corrected chi connectivity index (χ2v) is 3.68. The second-order valence-electron chi connectivity index (χ2n) is 3.68. The molecule has 0 fully saturated rings. The highest BCUT2D eigenvalue weighted by atomic mass is 19.1. The number of hydrogen-bond acceptors (Lipinski definition) is 1. The molecule has 0 amide bonds. The molecule has 0 bridgehead atoms. The molecule has 0 saturated heterocycles. The van der Waals surface area contributed by atoms with Crippen LogP contribution in [0.25, 0.3) is 0 Å². The molecule has 0 spiro atoms. The predicted molar refractivity (Wildman–Crippen MR) is 69.5 cm³/mol. The SMILES string of the molecule is C=CCNC(=NC)NCc1ccc(F)c(C)c1. The van der Waals surface area contributed by atoms with E-state index in [4.69, 9.17) is 0 Å². The fraction of sp³-hybridized carbons (Fsp3) is 0.308. The topological polar surface area (TPSA) is 36.4 Å². The Hall–Kier alpha value is -1.84. The molecule has 0 atom stereocenters. The number of benzene rings is 1. The number of nitrogens with one attached hydrogen (secondary N) is 2. The van der Waals surface area contributed by atoms with Crippen LogP contribution in [0.4, 0.5) is 4.39 Å². The zero-order valence-electron chi connectivity index (χ0n) is 10.3. The van der Waals surface area contributed by atoms with Crippen molar-refractivity contribution < 1.29 is 4.39 Å². The fourth-order valence-corrected chi connectivity index (χ4v) is 1.39. The standard InChI is InChI=1S/C13H18FN3/c1-4-7-16-13(15-3)17-9-11-5-6-12(14)10(2)8-11/h4-6,8H,1,7,9H2,2-3H3,(H2,15,16,17). The third-order valence-corrected chi connectivity index (χ3v) is 2.32. The monoisotopic (exact) mass is 235 g/mol. The Morgan fingerprint density at radius 1 is 1.47 bits per heavy atom. The first kappa shape index (κ1) is 13.2. The van der Waals surface area contributed by atoms with E-state index in [1.807, 2.05) is 6.07 Å². The maximum atomic E-state index is 13.1. The van der Waals surface area contributed by atoms with E-state index in [2.05, 4.69) is 22.2 Å². The van der Waals surface area contributed by atoms with Crippen molar-refractivity contribution in [3.8, 4) is 0 Å². The maximum Gasteiger partial charge on any atom is 0.191 e. The second kappa shape index (κ2) is 6.68. The van der Waals surface area contributed by atoms with Gasteiger partial charge in [-0.1, -0.05) is 18.2 Å². The third kappa shape index (κ3) is 4.26. The smallest absolute Gasteiger partial charge is 0.191 e. The van der Waals surface area contributed by atoms with Gasteiger partial charge in [0.25, 0.3) is 0 Å². The van der Waals surface area contributed by atoms with E-state index in [1.165, 1.54) is 6.07 Å². The number of aryl methyl sites for hydroxylation is 1. The predicted octanol–water partition coefficient (Wildman–Crippen LogP) is 1.99. The average Bonchev–Trinajstić information content (AvgIpc) is 2.34. The first-order chi connectivity index (χ1) is 8.17. The van der Waals surface area contributed by atoms with Crippen molar-refractivity contribution >= 4 is 5.96 Å². The summed E-state index contributed by atoms with van der Waals surface area (Å²) >= 11 is 0. The van der Waals surface area contributed by atoms with E-state index >= 15 is 0 Å². The minimum Gasteiger partial charge on any atom is -0.353 e. The molecule has 17 heavy (non-hydrogen) atoms. The van der Waals surface area contributed by atoms with E-state index in [-0.39, 0.29) is 5.82 Å². The molecule has 1 aromatic rings. The van der Waals surface area contributed by atoms with Crippen LogP contribution in [0.1, 0.15) is 11.1 Å². The Morgan fingerprint density at radius 2 is 2.24 bits per heavy atom. The number of rotatable bonds is 4. The molecule has 4 heteroatoms. The normalized spacial score (nSPS) is 11.1. The number of guanidine groups is 1. The van der Waals surface area contributed by atoms with E-state index in [1.54, 1.807) is 26.1 Å².